The Bertz CT molecular complexity index is 1160. The summed E-state index contributed by atoms with van der Waals surface area (Å²) in [6.07, 6.45) is 4.89. The Hall–Kier alpha value is -3.89. The van der Waals surface area contributed by atoms with Crippen molar-refractivity contribution in [2.75, 3.05) is 31.1 Å². The van der Waals surface area contributed by atoms with Crippen LogP contribution >= 0.6 is 0 Å². The molecule has 4 rings (SSSR count). The van der Waals surface area contributed by atoms with Crippen LogP contribution in [0.15, 0.2) is 46.2 Å². The zero-order chi connectivity index (χ0) is 22.7. The van der Waals surface area contributed by atoms with Gasteiger partial charge in [0.05, 0.1) is 35.9 Å². The van der Waals surface area contributed by atoms with E-state index in [0.29, 0.717) is 43.1 Å². The first-order chi connectivity index (χ1) is 15.4. The summed E-state index contributed by atoms with van der Waals surface area (Å²) < 4.78 is 21.1. The van der Waals surface area contributed by atoms with Gasteiger partial charge in [-0.05, 0) is 17.7 Å². The summed E-state index contributed by atoms with van der Waals surface area (Å²) in [7, 11) is 0. The first-order valence-electron chi connectivity index (χ1n) is 10.2. The van der Waals surface area contributed by atoms with Crippen LogP contribution in [0.3, 0.4) is 0 Å². The standard InChI is InChI=1S/C21H23FN6O4/c1-14(29)25-13-28-11-17(21(31)32-28)15-2-3-19(18(22)8-15)26-4-6-27(7-5-26)20(30)9-16-10-23-12-24-16/h2-3,8,10-12H,4-7,9,13H2,1H3,(H,23,24)(H,25,29). The van der Waals surface area contributed by atoms with Gasteiger partial charge >= 0.3 is 5.63 Å². The van der Waals surface area contributed by atoms with Gasteiger partial charge in [0.15, 0.2) is 0 Å². The number of anilines is 1. The smallest absolute Gasteiger partial charge is 0.365 e. The Labute approximate surface area is 182 Å². The number of aromatic nitrogens is 3. The number of nitrogens with one attached hydrogen (secondary N) is 2. The van der Waals surface area contributed by atoms with Crippen LogP contribution in [0.1, 0.15) is 12.6 Å². The highest BCUT2D eigenvalue weighted by Gasteiger charge is 2.24. The number of carbonyl (C=O) groups excluding carboxylic acids is 2. The highest BCUT2D eigenvalue weighted by Crippen LogP contribution is 2.26. The molecule has 1 aromatic carbocycles. The van der Waals surface area contributed by atoms with Gasteiger partial charge in [0.1, 0.15) is 12.5 Å². The van der Waals surface area contributed by atoms with Gasteiger partial charge < -0.3 is 24.6 Å². The number of benzene rings is 1. The highest BCUT2D eigenvalue weighted by molar-refractivity contribution is 5.78. The molecule has 0 aliphatic carbocycles. The van der Waals surface area contributed by atoms with Crippen molar-refractivity contribution in [1.29, 1.82) is 0 Å². The molecule has 32 heavy (non-hydrogen) atoms. The second kappa shape index (κ2) is 9.08. The predicted molar refractivity (Wildman–Crippen MR) is 113 cm³/mol. The van der Waals surface area contributed by atoms with E-state index in [-0.39, 0.29) is 30.5 Å². The van der Waals surface area contributed by atoms with Crippen LogP contribution in [-0.4, -0.2) is 57.6 Å². The molecule has 3 heterocycles. The van der Waals surface area contributed by atoms with Crippen molar-refractivity contribution in [1.82, 2.24) is 24.9 Å². The molecule has 2 aromatic heterocycles. The molecule has 0 saturated carbocycles. The Kier molecular flexibility index (Phi) is 6.06. The lowest BCUT2D eigenvalue weighted by Gasteiger charge is -2.36. The topological polar surface area (TPSA) is 116 Å². The molecule has 168 valence electrons. The van der Waals surface area contributed by atoms with Gasteiger partial charge in [-0.3, -0.25) is 9.59 Å². The van der Waals surface area contributed by atoms with Crippen molar-refractivity contribution in [3.8, 4) is 11.1 Å². The van der Waals surface area contributed by atoms with Gasteiger partial charge in [-0.1, -0.05) is 6.07 Å². The second-order valence-corrected chi connectivity index (χ2v) is 7.50. The third-order valence-corrected chi connectivity index (χ3v) is 5.30. The van der Waals surface area contributed by atoms with Gasteiger partial charge in [-0.15, -0.1) is 0 Å². The lowest BCUT2D eigenvalue weighted by atomic mass is 10.1. The van der Waals surface area contributed by atoms with E-state index >= 15 is 0 Å². The number of nitrogens with zero attached hydrogens (tertiary/aromatic N) is 4. The van der Waals surface area contributed by atoms with Gasteiger partial charge in [0, 0.05) is 39.3 Å². The number of hydrogen-bond acceptors (Lipinski definition) is 6. The maximum Gasteiger partial charge on any atom is 0.365 e. The van der Waals surface area contributed by atoms with Crippen molar-refractivity contribution in [3.63, 3.8) is 0 Å². The van der Waals surface area contributed by atoms with Gasteiger partial charge in [-0.2, -0.15) is 4.74 Å². The third kappa shape index (κ3) is 4.71. The molecule has 0 spiro atoms. The molecular formula is C21H23FN6O4. The van der Waals surface area contributed by atoms with Gasteiger partial charge in [-0.25, -0.2) is 14.2 Å². The average molecular weight is 442 g/mol. The number of aromatic amines is 1. The lowest BCUT2D eigenvalue weighted by molar-refractivity contribution is -0.130. The predicted octanol–water partition coefficient (Wildman–Crippen LogP) is 0.955. The quantitative estimate of drug-likeness (QED) is 0.587. The molecule has 1 aliphatic heterocycles. The van der Waals surface area contributed by atoms with Crippen LogP contribution in [0.2, 0.25) is 0 Å². The number of carbonyl (C=O) groups is 2. The second-order valence-electron chi connectivity index (χ2n) is 7.50. The number of imidazole rings is 1. The summed E-state index contributed by atoms with van der Waals surface area (Å²) in [5, 5.41) is 2.52. The largest absolute Gasteiger partial charge is 0.366 e. The molecule has 2 amide bonds. The summed E-state index contributed by atoms with van der Waals surface area (Å²) in [4.78, 5) is 46.1. The minimum Gasteiger partial charge on any atom is -0.366 e. The summed E-state index contributed by atoms with van der Waals surface area (Å²) >= 11 is 0. The zero-order valence-electron chi connectivity index (χ0n) is 17.5. The van der Waals surface area contributed by atoms with Crippen molar-refractivity contribution < 1.29 is 18.5 Å². The van der Waals surface area contributed by atoms with E-state index in [4.69, 9.17) is 4.52 Å². The van der Waals surface area contributed by atoms with Crippen molar-refractivity contribution in [2.45, 2.75) is 20.0 Å². The summed E-state index contributed by atoms with van der Waals surface area (Å²) in [6, 6.07) is 4.57. The minimum absolute atomic E-state index is 0.00822. The lowest BCUT2D eigenvalue weighted by Crippen LogP contribution is -2.49. The summed E-state index contributed by atoms with van der Waals surface area (Å²) in [5.74, 6) is -0.739. The number of rotatable bonds is 6. The Morgan fingerprint density at radius 2 is 2.03 bits per heavy atom. The SMILES string of the molecule is CC(=O)NCn1cc(-c2ccc(N3CCN(C(=O)Cc4c[nH]cn4)CC3)c(F)c2)c(=O)o1. The minimum atomic E-state index is -0.619. The van der Waals surface area contributed by atoms with E-state index in [1.54, 1.807) is 23.2 Å². The molecule has 10 nitrogen and oxygen atoms in total. The van der Waals surface area contributed by atoms with Crippen LogP contribution in [0.5, 0.6) is 0 Å². The van der Waals surface area contributed by atoms with E-state index in [1.807, 2.05) is 4.90 Å². The van der Waals surface area contributed by atoms with E-state index in [2.05, 4.69) is 15.3 Å². The molecule has 2 N–H and O–H groups in total. The maximum absolute atomic E-state index is 14.9. The highest BCUT2D eigenvalue weighted by atomic mass is 19.1. The van der Waals surface area contributed by atoms with Crippen LogP contribution in [0.25, 0.3) is 11.1 Å². The molecule has 3 aromatic rings. The van der Waals surface area contributed by atoms with Crippen molar-refractivity contribution in [3.05, 3.63) is 58.9 Å². The maximum atomic E-state index is 14.9. The molecule has 0 bridgehead atoms. The fourth-order valence-electron chi connectivity index (χ4n) is 3.62. The number of H-pyrrole nitrogens is 1. The number of halogens is 1. The summed E-state index contributed by atoms with van der Waals surface area (Å²) in [6.45, 7) is 3.33. The number of hydrogen-bond donors (Lipinski definition) is 2. The molecule has 1 saturated heterocycles. The van der Waals surface area contributed by atoms with Crippen LogP contribution < -0.4 is 15.8 Å². The zero-order valence-corrected chi connectivity index (χ0v) is 17.5. The van der Waals surface area contributed by atoms with Gasteiger partial charge in [0.2, 0.25) is 11.8 Å². The molecular weight excluding hydrogens is 419 g/mol. The van der Waals surface area contributed by atoms with E-state index in [9.17, 15) is 18.8 Å². The fourth-order valence-corrected chi connectivity index (χ4v) is 3.62. The molecule has 11 heteroatoms. The first kappa shape index (κ1) is 21.3. The van der Waals surface area contributed by atoms with Crippen LogP contribution in [-0.2, 0) is 22.7 Å². The van der Waals surface area contributed by atoms with E-state index in [1.165, 1.54) is 30.3 Å². The summed E-state index contributed by atoms with van der Waals surface area (Å²) in [5.41, 5.74) is 1.07. The molecule has 1 aliphatic rings. The molecule has 0 atom stereocenters. The normalized spacial score (nSPS) is 13.9. The third-order valence-electron chi connectivity index (χ3n) is 5.30. The van der Waals surface area contributed by atoms with Crippen LogP contribution in [0, 0.1) is 5.82 Å². The molecule has 0 unspecified atom stereocenters. The van der Waals surface area contributed by atoms with Crippen LogP contribution in [0.4, 0.5) is 10.1 Å². The average Bonchev–Trinajstić information content (AvgIpc) is 3.41. The van der Waals surface area contributed by atoms with Gasteiger partial charge in [0.25, 0.3) is 0 Å². The van der Waals surface area contributed by atoms with E-state index < -0.39 is 11.4 Å². The van der Waals surface area contributed by atoms with Crippen molar-refractivity contribution in [2.24, 2.45) is 0 Å². The number of amides is 2. The van der Waals surface area contributed by atoms with Crippen molar-refractivity contribution >= 4 is 17.5 Å². The Morgan fingerprint density at radius 3 is 2.69 bits per heavy atom. The number of piperazine rings is 1. The Morgan fingerprint density at radius 1 is 1.25 bits per heavy atom. The first-order valence-corrected chi connectivity index (χ1v) is 10.2. The molecule has 1 fully saturated rings. The van der Waals surface area contributed by atoms with E-state index in [0.717, 1.165) is 0 Å². The Balaban J connectivity index is 1.40. The molecule has 0 radical (unpaired) electrons. The monoisotopic (exact) mass is 442 g/mol. The fraction of sp³-hybridized carbons (Fsp3) is 0.333.